The van der Waals surface area contributed by atoms with Crippen LogP contribution in [0.15, 0.2) is 57.9 Å². The van der Waals surface area contributed by atoms with Gasteiger partial charge in [0.1, 0.15) is 0 Å². The van der Waals surface area contributed by atoms with Gasteiger partial charge < -0.3 is 5.32 Å². The maximum Gasteiger partial charge on any atom is 0.0344 e. The Labute approximate surface area is 133 Å². The van der Waals surface area contributed by atoms with Gasteiger partial charge >= 0.3 is 0 Å². The largest absolute Gasteiger partial charge is 0.303 e. The van der Waals surface area contributed by atoms with Crippen molar-refractivity contribution < 1.29 is 0 Å². The van der Waals surface area contributed by atoms with Gasteiger partial charge in [0.2, 0.25) is 0 Å². The van der Waals surface area contributed by atoms with E-state index >= 15 is 0 Å². The van der Waals surface area contributed by atoms with Gasteiger partial charge in [0.15, 0.2) is 0 Å². The first-order chi connectivity index (χ1) is 9.75. The van der Waals surface area contributed by atoms with E-state index in [1.807, 2.05) is 11.8 Å². The zero-order valence-electron chi connectivity index (χ0n) is 11.5. The molecular formula is C17H18BrNS. The molecule has 0 saturated heterocycles. The zero-order valence-corrected chi connectivity index (χ0v) is 13.9. The van der Waals surface area contributed by atoms with Crippen LogP contribution in [-0.2, 0) is 0 Å². The van der Waals surface area contributed by atoms with Crippen molar-refractivity contribution in [1.82, 2.24) is 5.32 Å². The van der Waals surface area contributed by atoms with E-state index in [9.17, 15) is 0 Å². The van der Waals surface area contributed by atoms with Crippen molar-refractivity contribution in [3.8, 4) is 0 Å². The van der Waals surface area contributed by atoms with E-state index < -0.39 is 0 Å². The number of hydrogen-bond acceptors (Lipinski definition) is 2. The lowest BCUT2D eigenvalue weighted by atomic mass is 10.0. The topological polar surface area (TPSA) is 12.0 Å². The van der Waals surface area contributed by atoms with Crippen LogP contribution in [0.4, 0.5) is 0 Å². The van der Waals surface area contributed by atoms with Gasteiger partial charge in [-0.2, -0.15) is 0 Å². The fraction of sp³-hybridized carbons (Fsp3) is 0.294. The summed E-state index contributed by atoms with van der Waals surface area (Å²) < 4.78 is 1.18. The van der Waals surface area contributed by atoms with Crippen LogP contribution in [0.3, 0.4) is 0 Å². The minimum Gasteiger partial charge on any atom is -0.303 e. The van der Waals surface area contributed by atoms with Gasteiger partial charge in [0, 0.05) is 21.5 Å². The summed E-state index contributed by atoms with van der Waals surface area (Å²) in [6, 6.07) is 18.0. The van der Waals surface area contributed by atoms with Crippen LogP contribution in [0.5, 0.6) is 0 Å². The van der Waals surface area contributed by atoms with Crippen LogP contribution >= 0.6 is 27.7 Å². The Morgan fingerprint density at radius 3 is 2.75 bits per heavy atom. The summed E-state index contributed by atoms with van der Waals surface area (Å²) in [5, 5.41) is 3.79. The standard InChI is InChI=1S/C17H18BrNS/c1-12(13-6-2-4-8-15(13)18)19-16-10-11-20-17-9-5-3-7-14(16)17/h2-9,12,16,19H,10-11H2,1H3. The highest BCUT2D eigenvalue weighted by Gasteiger charge is 2.22. The first kappa shape index (κ1) is 14.2. The molecule has 0 spiro atoms. The highest BCUT2D eigenvalue weighted by atomic mass is 79.9. The van der Waals surface area contributed by atoms with Crippen LogP contribution in [0.25, 0.3) is 0 Å². The second-order valence-electron chi connectivity index (χ2n) is 5.14. The Morgan fingerprint density at radius 2 is 1.90 bits per heavy atom. The van der Waals surface area contributed by atoms with Crippen LogP contribution in [0.2, 0.25) is 0 Å². The van der Waals surface area contributed by atoms with Crippen molar-refractivity contribution >= 4 is 27.7 Å². The molecule has 20 heavy (non-hydrogen) atoms. The number of rotatable bonds is 3. The Hall–Kier alpha value is -0.770. The van der Waals surface area contributed by atoms with Gasteiger partial charge in [-0.05, 0) is 42.4 Å². The summed E-state index contributed by atoms with van der Waals surface area (Å²) >= 11 is 5.62. The minimum atomic E-state index is 0.340. The van der Waals surface area contributed by atoms with E-state index in [1.54, 1.807) is 0 Å². The lowest BCUT2D eigenvalue weighted by molar-refractivity contribution is 0.449. The molecule has 1 nitrogen and oxygen atoms in total. The van der Waals surface area contributed by atoms with Crippen LogP contribution < -0.4 is 5.32 Å². The molecule has 3 rings (SSSR count). The van der Waals surface area contributed by atoms with E-state index in [2.05, 4.69) is 76.7 Å². The average Bonchev–Trinajstić information content (AvgIpc) is 2.48. The molecule has 104 valence electrons. The Bertz CT molecular complexity index is 599. The average molecular weight is 348 g/mol. The lowest BCUT2D eigenvalue weighted by Crippen LogP contribution is -2.27. The third-order valence-electron chi connectivity index (χ3n) is 3.78. The molecule has 1 N–H and O–H groups in total. The third-order valence-corrected chi connectivity index (χ3v) is 5.63. The Balaban J connectivity index is 1.81. The number of fused-ring (bicyclic) bond motifs is 1. The van der Waals surface area contributed by atoms with Crippen LogP contribution in [0, 0.1) is 0 Å². The molecule has 0 aliphatic carbocycles. The van der Waals surface area contributed by atoms with Gasteiger partial charge in [-0.25, -0.2) is 0 Å². The predicted octanol–water partition coefficient (Wildman–Crippen LogP) is 5.34. The molecule has 0 saturated carbocycles. The third kappa shape index (κ3) is 2.95. The SMILES string of the molecule is CC(NC1CCSc2ccccc21)c1ccccc1Br. The molecule has 1 aliphatic rings. The maximum absolute atomic E-state index is 3.79. The van der Waals surface area contributed by atoms with Crippen molar-refractivity contribution in [2.24, 2.45) is 0 Å². The van der Waals surface area contributed by atoms with E-state index in [1.165, 1.54) is 32.7 Å². The smallest absolute Gasteiger partial charge is 0.0344 e. The zero-order chi connectivity index (χ0) is 13.9. The molecule has 2 atom stereocenters. The van der Waals surface area contributed by atoms with Gasteiger partial charge in [0.25, 0.3) is 0 Å². The molecule has 3 heteroatoms. The Morgan fingerprint density at radius 1 is 1.15 bits per heavy atom. The van der Waals surface area contributed by atoms with Crippen molar-refractivity contribution in [1.29, 1.82) is 0 Å². The number of halogens is 1. The van der Waals surface area contributed by atoms with Crippen molar-refractivity contribution in [3.05, 3.63) is 64.1 Å². The summed E-state index contributed by atoms with van der Waals surface area (Å²) in [4.78, 5) is 1.43. The summed E-state index contributed by atoms with van der Waals surface area (Å²) in [6.45, 7) is 2.24. The number of nitrogens with one attached hydrogen (secondary N) is 1. The van der Waals surface area contributed by atoms with Crippen molar-refractivity contribution in [3.63, 3.8) is 0 Å². The van der Waals surface area contributed by atoms with E-state index in [4.69, 9.17) is 0 Å². The van der Waals surface area contributed by atoms with E-state index in [-0.39, 0.29) is 0 Å². The molecule has 0 fully saturated rings. The molecule has 2 unspecified atom stereocenters. The molecule has 0 amide bonds. The monoisotopic (exact) mass is 347 g/mol. The first-order valence-electron chi connectivity index (χ1n) is 6.98. The van der Waals surface area contributed by atoms with E-state index in [0.29, 0.717) is 12.1 Å². The summed E-state index contributed by atoms with van der Waals surface area (Å²) in [6.07, 6.45) is 1.19. The molecular weight excluding hydrogens is 330 g/mol. The van der Waals surface area contributed by atoms with Crippen molar-refractivity contribution in [2.75, 3.05) is 5.75 Å². The summed E-state index contributed by atoms with van der Waals surface area (Å²) in [5.41, 5.74) is 2.77. The van der Waals surface area contributed by atoms with Crippen molar-refractivity contribution in [2.45, 2.75) is 30.3 Å². The molecule has 0 bridgehead atoms. The molecule has 0 aromatic heterocycles. The summed E-state index contributed by atoms with van der Waals surface area (Å²) in [7, 11) is 0. The van der Waals surface area contributed by atoms with E-state index in [0.717, 1.165) is 0 Å². The minimum absolute atomic E-state index is 0.340. The second-order valence-corrected chi connectivity index (χ2v) is 7.13. The second kappa shape index (κ2) is 6.33. The molecule has 1 aliphatic heterocycles. The van der Waals surface area contributed by atoms with Gasteiger partial charge in [0.05, 0.1) is 0 Å². The number of hydrogen-bond donors (Lipinski definition) is 1. The highest BCUT2D eigenvalue weighted by molar-refractivity contribution is 9.10. The predicted molar refractivity (Wildman–Crippen MR) is 90.2 cm³/mol. The molecule has 1 heterocycles. The molecule has 0 radical (unpaired) electrons. The highest BCUT2D eigenvalue weighted by Crippen LogP contribution is 2.37. The molecule has 2 aromatic carbocycles. The number of thioether (sulfide) groups is 1. The summed E-state index contributed by atoms with van der Waals surface area (Å²) in [5.74, 6) is 1.19. The van der Waals surface area contributed by atoms with Crippen LogP contribution in [0.1, 0.15) is 36.6 Å². The van der Waals surface area contributed by atoms with Gasteiger partial charge in [-0.3, -0.25) is 0 Å². The molecule has 2 aromatic rings. The quantitative estimate of drug-likeness (QED) is 0.804. The lowest BCUT2D eigenvalue weighted by Gasteiger charge is -2.29. The van der Waals surface area contributed by atoms with Crippen LogP contribution in [-0.4, -0.2) is 5.75 Å². The van der Waals surface area contributed by atoms with Gasteiger partial charge in [-0.15, -0.1) is 11.8 Å². The normalized spacial score (nSPS) is 19.4. The fourth-order valence-electron chi connectivity index (χ4n) is 2.73. The number of benzene rings is 2. The first-order valence-corrected chi connectivity index (χ1v) is 8.76. The van der Waals surface area contributed by atoms with Gasteiger partial charge in [-0.1, -0.05) is 52.3 Å². The maximum atomic E-state index is 3.79. The Kier molecular flexibility index (Phi) is 4.49. The fourth-order valence-corrected chi connectivity index (χ4v) is 4.49.